The average Bonchev–Trinajstić information content (AvgIpc) is 2.95. The quantitative estimate of drug-likeness (QED) is 0.0526. The van der Waals surface area contributed by atoms with Crippen molar-refractivity contribution in [1.29, 1.82) is 0 Å². The van der Waals surface area contributed by atoms with Crippen LogP contribution < -0.4 is 10.2 Å². The maximum Gasteiger partial charge on any atom is 2.00 e. The summed E-state index contributed by atoms with van der Waals surface area (Å²) in [6.07, 6.45) is 41.2. The summed E-state index contributed by atoms with van der Waals surface area (Å²) in [5.41, 5.74) is 0. The molecule has 0 unspecified atom stereocenters. The molecule has 0 aliphatic rings. The van der Waals surface area contributed by atoms with E-state index in [0.717, 1.165) is 25.7 Å². The van der Waals surface area contributed by atoms with Crippen LogP contribution in [0.15, 0.2) is 0 Å². The number of carbonyl (C=O) groups is 2. The zero-order valence-corrected chi connectivity index (χ0v) is 29.2. The molecule has 0 rings (SSSR count). The monoisotopic (exact) mass is 643 g/mol. The van der Waals surface area contributed by atoms with Crippen molar-refractivity contribution in [2.24, 2.45) is 0 Å². The van der Waals surface area contributed by atoms with Crippen LogP contribution >= 0.6 is 0 Å². The molecule has 0 amide bonds. The van der Waals surface area contributed by atoms with Gasteiger partial charge in [-0.1, -0.05) is 200 Å². The Labute approximate surface area is 273 Å². The maximum absolute atomic E-state index is 10.2. The Bertz CT molecular complexity index is 512. The topological polar surface area (TPSA) is 80.3 Å². The molecule has 0 aromatic rings. The Hall–Kier alpha value is -0.541. The maximum atomic E-state index is 10.2. The van der Waals surface area contributed by atoms with Gasteiger partial charge in [0, 0.05) is 11.9 Å². The molecular formula is C37H72CuO4. The molecule has 0 bridgehead atoms. The number of carboxylic acid groups (broad SMARTS) is 2. The van der Waals surface area contributed by atoms with Crippen molar-refractivity contribution in [3.8, 4) is 0 Å². The number of hydrogen-bond acceptors (Lipinski definition) is 4. The second-order valence-electron chi connectivity index (χ2n) is 12.5. The largest absolute Gasteiger partial charge is 2.00 e. The van der Waals surface area contributed by atoms with Crippen molar-refractivity contribution < 1.29 is 36.9 Å². The molecule has 255 valence electrons. The van der Waals surface area contributed by atoms with Gasteiger partial charge in [-0.3, -0.25) is 0 Å². The normalized spacial score (nSPS) is 10.6. The van der Waals surface area contributed by atoms with E-state index >= 15 is 0 Å². The van der Waals surface area contributed by atoms with E-state index in [1.165, 1.54) is 173 Å². The van der Waals surface area contributed by atoms with Crippen LogP contribution in [0.4, 0.5) is 0 Å². The smallest absolute Gasteiger partial charge is 0.550 e. The van der Waals surface area contributed by atoms with Gasteiger partial charge in [0.25, 0.3) is 0 Å². The summed E-state index contributed by atoms with van der Waals surface area (Å²) in [5, 5.41) is 20.5. The summed E-state index contributed by atoms with van der Waals surface area (Å²) in [4.78, 5) is 20.5. The summed E-state index contributed by atoms with van der Waals surface area (Å²) in [5.74, 6) is -1.81. The van der Waals surface area contributed by atoms with Crippen LogP contribution in [-0.2, 0) is 26.7 Å². The van der Waals surface area contributed by atoms with Gasteiger partial charge in [0.05, 0.1) is 0 Å². The van der Waals surface area contributed by atoms with Gasteiger partial charge in [0.15, 0.2) is 0 Å². The summed E-state index contributed by atoms with van der Waals surface area (Å²) in [7, 11) is 0. The van der Waals surface area contributed by atoms with E-state index in [9.17, 15) is 19.8 Å². The van der Waals surface area contributed by atoms with Gasteiger partial charge in [0.2, 0.25) is 0 Å². The fourth-order valence-corrected chi connectivity index (χ4v) is 5.46. The van der Waals surface area contributed by atoms with Crippen molar-refractivity contribution in [2.45, 2.75) is 226 Å². The van der Waals surface area contributed by atoms with E-state index in [2.05, 4.69) is 13.8 Å². The average molecular weight is 645 g/mol. The molecule has 42 heavy (non-hydrogen) atoms. The molecule has 0 aromatic heterocycles. The van der Waals surface area contributed by atoms with Crippen LogP contribution in [0.3, 0.4) is 0 Å². The summed E-state index contributed by atoms with van der Waals surface area (Å²) in [6.45, 7) is 4.54. The molecule has 0 aliphatic heterocycles. The van der Waals surface area contributed by atoms with Gasteiger partial charge < -0.3 is 19.8 Å². The molecule has 0 aromatic carbocycles. The van der Waals surface area contributed by atoms with E-state index in [1.54, 1.807) is 0 Å². The Balaban J connectivity index is -0.000000708. The van der Waals surface area contributed by atoms with Crippen molar-refractivity contribution >= 4 is 11.9 Å². The molecule has 0 fully saturated rings. The van der Waals surface area contributed by atoms with E-state index < -0.39 is 11.9 Å². The van der Waals surface area contributed by atoms with Crippen LogP contribution in [0.2, 0.25) is 0 Å². The predicted octanol–water partition coefficient (Wildman–Crippen LogP) is 10.4. The fraction of sp³-hybridized carbons (Fsp3) is 0.946. The van der Waals surface area contributed by atoms with Crippen molar-refractivity contribution in [1.82, 2.24) is 0 Å². The van der Waals surface area contributed by atoms with Gasteiger partial charge >= 0.3 is 17.1 Å². The van der Waals surface area contributed by atoms with Crippen molar-refractivity contribution in [2.75, 3.05) is 0 Å². The first kappa shape index (κ1) is 45.9. The number of carbonyl (C=O) groups excluding carboxylic acids is 2. The number of unbranched alkanes of at least 4 members (excludes halogenated alkanes) is 29. The van der Waals surface area contributed by atoms with Crippen LogP contribution in [0, 0.1) is 0 Å². The SMILES string of the molecule is CCCCCCCCCCCCCCCCCC(=O)[O-].CCCCCCCCCCCCCCCCCCC(=O)[O-].[Cu+2]. The summed E-state index contributed by atoms with van der Waals surface area (Å²) in [6, 6.07) is 0. The van der Waals surface area contributed by atoms with E-state index in [1.807, 2.05) is 0 Å². The number of hydrogen-bond donors (Lipinski definition) is 0. The summed E-state index contributed by atoms with van der Waals surface area (Å²) < 4.78 is 0. The van der Waals surface area contributed by atoms with Gasteiger partial charge in [-0.25, -0.2) is 0 Å². The van der Waals surface area contributed by atoms with Gasteiger partial charge in [-0.15, -0.1) is 0 Å². The Morgan fingerprint density at radius 3 is 0.595 bits per heavy atom. The molecule has 5 heteroatoms. The standard InChI is InChI=1S/C19H38O2.C18H36O2.Cu/c1-2-3-4-5-6-7-8-9-10-11-12-13-14-15-16-17-18-19(20)21;1-2-3-4-5-6-7-8-9-10-11-12-13-14-15-16-17-18(19)20;/h2-18H2,1H3,(H,20,21);2-17H2,1H3,(H,19,20);/q;;+2/p-2. The van der Waals surface area contributed by atoms with Gasteiger partial charge in [0.1, 0.15) is 0 Å². The Morgan fingerprint density at radius 2 is 0.452 bits per heavy atom. The van der Waals surface area contributed by atoms with Crippen molar-refractivity contribution in [3.05, 3.63) is 0 Å². The van der Waals surface area contributed by atoms with Crippen LogP contribution in [0.1, 0.15) is 226 Å². The molecule has 0 saturated carbocycles. The second kappa shape index (κ2) is 42.6. The van der Waals surface area contributed by atoms with Crippen LogP contribution in [-0.4, -0.2) is 11.9 Å². The first-order valence-electron chi connectivity index (χ1n) is 18.4. The van der Waals surface area contributed by atoms with Gasteiger partial charge in [-0.2, -0.15) is 0 Å². The Morgan fingerprint density at radius 1 is 0.310 bits per heavy atom. The number of aliphatic carboxylic acids is 2. The molecule has 0 atom stereocenters. The molecule has 0 heterocycles. The fourth-order valence-electron chi connectivity index (χ4n) is 5.46. The predicted molar refractivity (Wildman–Crippen MR) is 174 cm³/mol. The van der Waals surface area contributed by atoms with E-state index in [0.29, 0.717) is 0 Å². The zero-order chi connectivity index (χ0) is 30.5. The first-order chi connectivity index (χ1) is 20.0. The summed E-state index contributed by atoms with van der Waals surface area (Å²) >= 11 is 0. The molecule has 1 radical (unpaired) electrons. The minimum absolute atomic E-state index is 0. The van der Waals surface area contributed by atoms with E-state index in [4.69, 9.17) is 0 Å². The molecule has 0 spiro atoms. The third-order valence-corrected chi connectivity index (χ3v) is 8.22. The zero-order valence-electron chi connectivity index (χ0n) is 28.3. The Kier molecular flexibility index (Phi) is 46.5. The minimum atomic E-state index is -0.903. The molecular weight excluding hydrogens is 572 g/mol. The van der Waals surface area contributed by atoms with Crippen LogP contribution in [0.25, 0.3) is 0 Å². The first-order valence-corrected chi connectivity index (χ1v) is 18.4. The minimum Gasteiger partial charge on any atom is -0.550 e. The molecule has 4 nitrogen and oxygen atoms in total. The number of rotatable bonds is 33. The second-order valence-corrected chi connectivity index (χ2v) is 12.5. The molecule has 0 N–H and O–H groups in total. The van der Waals surface area contributed by atoms with Gasteiger partial charge in [-0.05, 0) is 25.7 Å². The number of carboxylic acids is 2. The van der Waals surface area contributed by atoms with Crippen molar-refractivity contribution in [3.63, 3.8) is 0 Å². The third kappa shape index (κ3) is 49.2. The third-order valence-electron chi connectivity index (χ3n) is 8.22. The van der Waals surface area contributed by atoms with Crippen LogP contribution in [0.5, 0.6) is 0 Å². The molecule has 0 saturated heterocycles. The molecule has 0 aliphatic carbocycles. The van der Waals surface area contributed by atoms with E-state index in [-0.39, 0.29) is 29.9 Å².